The van der Waals surface area contributed by atoms with Crippen molar-refractivity contribution < 1.29 is 22.7 Å². The number of carbonyl (C=O) groups is 1. The Morgan fingerprint density at radius 1 is 1.04 bits per heavy atom. The first-order valence-electron chi connectivity index (χ1n) is 6.92. The Bertz CT molecular complexity index is 674. The Hall–Kier alpha value is -2.50. The Morgan fingerprint density at radius 3 is 2.13 bits per heavy atom. The van der Waals surface area contributed by atoms with E-state index in [1.54, 1.807) is 12.1 Å². The van der Waals surface area contributed by atoms with Crippen LogP contribution >= 0.6 is 0 Å². The van der Waals surface area contributed by atoms with Gasteiger partial charge in [-0.15, -0.1) is 0 Å². The zero-order valence-corrected chi connectivity index (χ0v) is 12.7. The number of carbonyl (C=O) groups excluding carboxylic acids is 1. The lowest BCUT2D eigenvalue weighted by Crippen LogP contribution is -2.19. The van der Waals surface area contributed by atoms with Gasteiger partial charge >= 0.3 is 6.18 Å². The lowest BCUT2D eigenvalue weighted by Gasteiger charge is -2.10. The monoisotopic (exact) mass is 323 g/mol. The van der Waals surface area contributed by atoms with Crippen LogP contribution in [0.15, 0.2) is 42.5 Å². The fourth-order valence-electron chi connectivity index (χ4n) is 2.11. The van der Waals surface area contributed by atoms with Crippen molar-refractivity contribution in [2.45, 2.75) is 20.0 Å². The SMILES string of the molecule is Cc1cc(C)cc(C(=O)Nc2ccc(OCC(F)(F)F)cc2)c1. The summed E-state index contributed by atoms with van der Waals surface area (Å²) in [5, 5.41) is 2.70. The Labute approximate surface area is 132 Å². The lowest BCUT2D eigenvalue weighted by atomic mass is 10.1. The molecule has 6 heteroatoms. The molecule has 0 saturated carbocycles. The van der Waals surface area contributed by atoms with Crippen LogP contribution in [0.3, 0.4) is 0 Å². The molecular formula is C17H16F3NO2. The zero-order valence-electron chi connectivity index (χ0n) is 12.7. The van der Waals surface area contributed by atoms with E-state index in [-0.39, 0.29) is 11.7 Å². The van der Waals surface area contributed by atoms with E-state index in [4.69, 9.17) is 0 Å². The minimum Gasteiger partial charge on any atom is -0.484 e. The minimum absolute atomic E-state index is 0.0896. The first kappa shape index (κ1) is 16.9. The van der Waals surface area contributed by atoms with Crippen LogP contribution in [-0.4, -0.2) is 18.7 Å². The van der Waals surface area contributed by atoms with Crippen LogP contribution in [0, 0.1) is 13.8 Å². The van der Waals surface area contributed by atoms with Gasteiger partial charge in [0.2, 0.25) is 0 Å². The summed E-state index contributed by atoms with van der Waals surface area (Å²) in [6, 6.07) is 11.2. The number of hydrogen-bond donors (Lipinski definition) is 1. The number of nitrogens with one attached hydrogen (secondary N) is 1. The summed E-state index contributed by atoms with van der Waals surface area (Å²) >= 11 is 0. The third-order valence-electron chi connectivity index (χ3n) is 3.00. The van der Waals surface area contributed by atoms with E-state index in [0.29, 0.717) is 11.3 Å². The second kappa shape index (κ2) is 6.73. The van der Waals surface area contributed by atoms with Gasteiger partial charge in [0, 0.05) is 11.3 Å². The summed E-state index contributed by atoms with van der Waals surface area (Å²) in [4.78, 5) is 12.2. The molecular weight excluding hydrogens is 307 g/mol. The van der Waals surface area contributed by atoms with Crippen LogP contribution in [0.4, 0.5) is 18.9 Å². The van der Waals surface area contributed by atoms with Crippen molar-refractivity contribution in [1.82, 2.24) is 0 Å². The maximum Gasteiger partial charge on any atom is 0.422 e. The van der Waals surface area contributed by atoms with Crippen molar-refractivity contribution in [3.63, 3.8) is 0 Å². The van der Waals surface area contributed by atoms with Gasteiger partial charge in [0.1, 0.15) is 5.75 Å². The number of halogens is 3. The Morgan fingerprint density at radius 2 is 1.61 bits per heavy atom. The molecule has 0 heterocycles. The molecule has 0 unspecified atom stereocenters. The molecule has 23 heavy (non-hydrogen) atoms. The molecule has 3 nitrogen and oxygen atoms in total. The fraction of sp³-hybridized carbons (Fsp3) is 0.235. The number of anilines is 1. The van der Waals surface area contributed by atoms with Gasteiger partial charge in [0.05, 0.1) is 0 Å². The molecule has 0 bridgehead atoms. The van der Waals surface area contributed by atoms with E-state index < -0.39 is 12.8 Å². The van der Waals surface area contributed by atoms with Crippen molar-refractivity contribution in [3.8, 4) is 5.75 Å². The average molecular weight is 323 g/mol. The van der Waals surface area contributed by atoms with Gasteiger partial charge in [-0.05, 0) is 50.2 Å². The zero-order chi connectivity index (χ0) is 17.0. The number of amides is 1. The Balaban J connectivity index is 2.01. The maximum atomic E-state index is 12.2. The highest BCUT2D eigenvalue weighted by Gasteiger charge is 2.28. The molecule has 0 aromatic heterocycles. The average Bonchev–Trinajstić information content (AvgIpc) is 2.44. The summed E-state index contributed by atoms with van der Waals surface area (Å²) in [5.74, 6) is -0.188. The van der Waals surface area contributed by atoms with Crippen LogP contribution in [0.5, 0.6) is 5.75 Å². The van der Waals surface area contributed by atoms with Crippen LogP contribution in [0.1, 0.15) is 21.5 Å². The normalized spacial score (nSPS) is 11.2. The fourth-order valence-corrected chi connectivity index (χ4v) is 2.11. The molecule has 0 aliphatic heterocycles. The Kier molecular flexibility index (Phi) is 4.93. The quantitative estimate of drug-likeness (QED) is 0.900. The lowest BCUT2D eigenvalue weighted by molar-refractivity contribution is -0.153. The van der Waals surface area contributed by atoms with Gasteiger partial charge in [-0.25, -0.2) is 0 Å². The van der Waals surface area contributed by atoms with Gasteiger partial charge in [-0.2, -0.15) is 13.2 Å². The van der Waals surface area contributed by atoms with E-state index in [9.17, 15) is 18.0 Å². The highest BCUT2D eigenvalue weighted by molar-refractivity contribution is 6.04. The first-order valence-corrected chi connectivity index (χ1v) is 6.92. The molecule has 2 aromatic carbocycles. The molecule has 1 amide bonds. The summed E-state index contributed by atoms with van der Waals surface area (Å²) in [7, 11) is 0. The van der Waals surface area contributed by atoms with Crippen molar-refractivity contribution in [2.75, 3.05) is 11.9 Å². The standard InChI is InChI=1S/C17H16F3NO2/c1-11-7-12(2)9-13(8-11)16(22)21-14-3-5-15(6-4-14)23-10-17(18,19)20/h3-9H,10H2,1-2H3,(H,21,22). The number of rotatable bonds is 4. The van der Waals surface area contributed by atoms with Crippen LogP contribution < -0.4 is 10.1 Å². The summed E-state index contributed by atoms with van der Waals surface area (Å²) < 4.78 is 40.8. The van der Waals surface area contributed by atoms with E-state index >= 15 is 0 Å². The molecule has 122 valence electrons. The van der Waals surface area contributed by atoms with Crippen molar-refractivity contribution >= 4 is 11.6 Å². The molecule has 0 atom stereocenters. The van der Waals surface area contributed by atoms with Gasteiger partial charge in [0.25, 0.3) is 5.91 Å². The van der Waals surface area contributed by atoms with Crippen LogP contribution in [-0.2, 0) is 0 Å². The largest absolute Gasteiger partial charge is 0.484 e. The number of benzene rings is 2. The van der Waals surface area contributed by atoms with Gasteiger partial charge in [-0.3, -0.25) is 4.79 Å². The molecule has 0 aliphatic rings. The topological polar surface area (TPSA) is 38.3 Å². The first-order chi connectivity index (χ1) is 10.7. The summed E-state index contributed by atoms with van der Waals surface area (Å²) in [6.45, 7) is 2.45. The predicted molar refractivity (Wildman–Crippen MR) is 81.9 cm³/mol. The van der Waals surface area contributed by atoms with Crippen molar-refractivity contribution in [2.24, 2.45) is 0 Å². The number of alkyl halides is 3. The second-order valence-corrected chi connectivity index (χ2v) is 5.26. The van der Waals surface area contributed by atoms with E-state index in [1.807, 2.05) is 19.9 Å². The summed E-state index contributed by atoms with van der Waals surface area (Å²) in [6.07, 6.45) is -4.38. The molecule has 0 aliphatic carbocycles. The smallest absolute Gasteiger partial charge is 0.422 e. The molecule has 2 rings (SSSR count). The predicted octanol–water partition coefficient (Wildman–Crippen LogP) is 4.50. The number of hydrogen-bond acceptors (Lipinski definition) is 2. The highest BCUT2D eigenvalue weighted by Crippen LogP contribution is 2.20. The second-order valence-electron chi connectivity index (χ2n) is 5.26. The van der Waals surface area contributed by atoms with Gasteiger partial charge in [-0.1, -0.05) is 17.2 Å². The van der Waals surface area contributed by atoms with Gasteiger partial charge in [0.15, 0.2) is 6.61 Å². The van der Waals surface area contributed by atoms with E-state index in [1.165, 1.54) is 24.3 Å². The van der Waals surface area contributed by atoms with E-state index in [2.05, 4.69) is 10.1 Å². The van der Waals surface area contributed by atoms with Crippen molar-refractivity contribution in [3.05, 3.63) is 59.2 Å². The highest BCUT2D eigenvalue weighted by atomic mass is 19.4. The molecule has 0 spiro atoms. The minimum atomic E-state index is -4.38. The third-order valence-corrected chi connectivity index (χ3v) is 3.00. The number of ether oxygens (including phenoxy) is 1. The van der Waals surface area contributed by atoms with E-state index in [0.717, 1.165) is 11.1 Å². The third kappa shape index (κ3) is 5.32. The molecule has 1 N–H and O–H groups in total. The maximum absolute atomic E-state index is 12.2. The van der Waals surface area contributed by atoms with Crippen LogP contribution in [0.25, 0.3) is 0 Å². The molecule has 0 radical (unpaired) electrons. The molecule has 0 saturated heterocycles. The molecule has 0 fully saturated rings. The number of aryl methyl sites for hydroxylation is 2. The van der Waals surface area contributed by atoms with Gasteiger partial charge < -0.3 is 10.1 Å². The van der Waals surface area contributed by atoms with Crippen LogP contribution in [0.2, 0.25) is 0 Å². The molecule has 2 aromatic rings. The van der Waals surface area contributed by atoms with Crippen molar-refractivity contribution in [1.29, 1.82) is 0 Å². The summed E-state index contributed by atoms with van der Waals surface area (Å²) in [5.41, 5.74) is 2.96.